The lowest BCUT2D eigenvalue weighted by molar-refractivity contribution is -0.145. The Hall–Kier alpha value is -3.54. The van der Waals surface area contributed by atoms with Gasteiger partial charge in [-0.3, -0.25) is 0 Å². The third kappa shape index (κ3) is 8.24. The Labute approximate surface area is 221 Å². The molecular formula is C31H40O6. The van der Waals surface area contributed by atoms with Gasteiger partial charge in [0, 0.05) is 16.6 Å². The van der Waals surface area contributed by atoms with E-state index in [0.717, 1.165) is 33.8 Å². The number of rotatable bonds is 12. The van der Waals surface area contributed by atoms with E-state index in [2.05, 4.69) is 51.3 Å². The smallest absolute Gasteiger partial charge is 0.333 e. The molecule has 6 heteroatoms. The van der Waals surface area contributed by atoms with Gasteiger partial charge in [0.25, 0.3) is 0 Å². The van der Waals surface area contributed by atoms with Gasteiger partial charge in [0.2, 0.25) is 0 Å². The van der Waals surface area contributed by atoms with Gasteiger partial charge in [-0.15, -0.1) is 0 Å². The van der Waals surface area contributed by atoms with E-state index in [-0.39, 0.29) is 30.8 Å². The average molecular weight is 509 g/mol. The molecule has 2 aromatic rings. The summed E-state index contributed by atoms with van der Waals surface area (Å²) < 4.78 is 22.4. The molecule has 0 saturated carbocycles. The van der Waals surface area contributed by atoms with Crippen molar-refractivity contribution in [2.45, 2.75) is 73.0 Å². The fraction of sp³-hybridized carbons (Fsp3) is 0.419. The number of carbonyl (C=O) groups excluding carboxylic acids is 2. The first-order chi connectivity index (χ1) is 17.2. The molecule has 2 unspecified atom stereocenters. The summed E-state index contributed by atoms with van der Waals surface area (Å²) in [6.45, 7) is 22.9. The van der Waals surface area contributed by atoms with Crippen LogP contribution in [0.25, 0.3) is 0 Å². The predicted molar refractivity (Wildman–Crippen MR) is 146 cm³/mol. The molecule has 0 saturated heterocycles. The van der Waals surface area contributed by atoms with Crippen LogP contribution in [0.4, 0.5) is 0 Å². The summed E-state index contributed by atoms with van der Waals surface area (Å²) in [6.07, 6.45) is -0.769. The highest BCUT2D eigenvalue weighted by Gasteiger charge is 2.25. The van der Waals surface area contributed by atoms with E-state index >= 15 is 0 Å². The number of benzene rings is 2. The maximum Gasteiger partial charge on any atom is 0.333 e. The Morgan fingerprint density at radius 1 is 0.757 bits per heavy atom. The van der Waals surface area contributed by atoms with E-state index in [1.54, 1.807) is 27.7 Å². The van der Waals surface area contributed by atoms with Crippen molar-refractivity contribution in [1.29, 1.82) is 0 Å². The van der Waals surface area contributed by atoms with Crippen molar-refractivity contribution in [1.82, 2.24) is 0 Å². The molecule has 0 aliphatic carbocycles. The monoisotopic (exact) mass is 508 g/mol. The molecule has 0 bridgehead atoms. The summed E-state index contributed by atoms with van der Waals surface area (Å²) in [5.41, 5.74) is 4.76. The Balaban J connectivity index is 2.07. The van der Waals surface area contributed by atoms with Crippen molar-refractivity contribution in [2.75, 3.05) is 13.2 Å². The highest BCUT2D eigenvalue weighted by molar-refractivity contribution is 5.87. The third-order valence-corrected chi connectivity index (χ3v) is 6.05. The Kier molecular flexibility index (Phi) is 10.1. The van der Waals surface area contributed by atoms with Crippen LogP contribution in [0.15, 0.2) is 60.7 Å². The fourth-order valence-corrected chi connectivity index (χ4v) is 3.62. The first-order valence-electron chi connectivity index (χ1n) is 12.4. The lowest BCUT2D eigenvalue weighted by Gasteiger charge is -2.28. The summed E-state index contributed by atoms with van der Waals surface area (Å²) in [5.74, 6) is 0.660. The van der Waals surface area contributed by atoms with Crippen LogP contribution in [0.3, 0.4) is 0 Å². The lowest BCUT2D eigenvalue weighted by Crippen LogP contribution is -2.23. The molecule has 37 heavy (non-hydrogen) atoms. The normalized spacial score (nSPS) is 12.8. The zero-order valence-electron chi connectivity index (χ0n) is 23.4. The van der Waals surface area contributed by atoms with Gasteiger partial charge in [0.05, 0.1) is 0 Å². The summed E-state index contributed by atoms with van der Waals surface area (Å²) >= 11 is 0. The SMILES string of the molecule is C=C(C)C(=O)OC(C)COc1ccc(C(C)(C)c2ccc(OCC(C)OC(=O)C(=C)C)c(C)c2)cc1C. The van der Waals surface area contributed by atoms with E-state index in [1.807, 2.05) is 26.0 Å². The second kappa shape index (κ2) is 12.6. The van der Waals surface area contributed by atoms with Crippen LogP contribution in [0.5, 0.6) is 11.5 Å². The molecule has 0 amide bonds. The number of esters is 2. The molecule has 2 aromatic carbocycles. The quantitative estimate of drug-likeness (QED) is 0.244. The first-order valence-corrected chi connectivity index (χ1v) is 12.4. The first kappa shape index (κ1) is 29.7. The van der Waals surface area contributed by atoms with E-state index in [0.29, 0.717) is 11.1 Å². The standard InChI is InChI=1S/C31H40O6/c1-19(2)29(32)36-23(7)17-34-27-13-11-25(15-21(27)5)31(9,10)26-12-14-28(22(6)16-26)35-18-24(8)37-30(33)20(3)4/h11-16,23-24H,1,3,17-18H2,2,4-10H3. The zero-order chi connectivity index (χ0) is 27.9. The molecule has 0 aliphatic heterocycles. The highest BCUT2D eigenvalue weighted by atomic mass is 16.6. The average Bonchev–Trinajstić information content (AvgIpc) is 2.82. The highest BCUT2D eigenvalue weighted by Crippen LogP contribution is 2.36. The summed E-state index contributed by atoms with van der Waals surface area (Å²) in [4.78, 5) is 23.4. The minimum absolute atomic E-state index is 0.258. The van der Waals surface area contributed by atoms with Crippen LogP contribution in [0, 0.1) is 13.8 Å². The predicted octanol–water partition coefficient (Wildman–Crippen LogP) is 6.40. The van der Waals surface area contributed by atoms with E-state index in [4.69, 9.17) is 18.9 Å². The van der Waals surface area contributed by atoms with Gasteiger partial charge in [-0.25, -0.2) is 9.59 Å². The second-order valence-corrected chi connectivity index (χ2v) is 10.2. The van der Waals surface area contributed by atoms with Gasteiger partial charge in [0.1, 0.15) is 36.9 Å². The minimum atomic E-state index is -0.419. The molecule has 0 aliphatic rings. The van der Waals surface area contributed by atoms with Crippen molar-refractivity contribution in [2.24, 2.45) is 0 Å². The van der Waals surface area contributed by atoms with Gasteiger partial charge in [-0.1, -0.05) is 51.3 Å². The van der Waals surface area contributed by atoms with Crippen molar-refractivity contribution >= 4 is 11.9 Å². The van der Waals surface area contributed by atoms with Gasteiger partial charge in [-0.05, 0) is 75.9 Å². The van der Waals surface area contributed by atoms with Crippen LogP contribution in [0.1, 0.15) is 63.8 Å². The molecule has 0 N–H and O–H groups in total. The fourth-order valence-electron chi connectivity index (χ4n) is 3.62. The van der Waals surface area contributed by atoms with Gasteiger partial charge in [-0.2, -0.15) is 0 Å². The molecular weight excluding hydrogens is 468 g/mol. The van der Waals surface area contributed by atoms with E-state index < -0.39 is 11.9 Å². The number of aryl methyl sites for hydroxylation is 2. The molecule has 0 aromatic heterocycles. The molecule has 6 nitrogen and oxygen atoms in total. The zero-order valence-corrected chi connectivity index (χ0v) is 23.4. The molecule has 0 spiro atoms. The molecule has 0 radical (unpaired) electrons. The van der Waals surface area contributed by atoms with E-state index in [1.165, 1.54) is 0 Å². The number of hydrogen-bond donors (Lipinski definition) is 0. The molecule has 200 valence electrons. The van der Waals surface area contributed by atoms with Crippen molar-refractivity contribution in [3.8, 4) is 11.5 Å². The summed E-state index contributed by atoms with van der Waals surface area (Å²) in [5, 5.41) is 0. The van der Waals surface area contributed by atoms with Crippen molar-refractivity contribution < 1.29 is 28.5 Å². The Morgan fingerprint density at radius 2 is 1.11 bits per heavy atom. The molecule has 2 atom stereocenters. The lowest BCUT2D eigenvalue weighted by atomic mass is 9.77. The van der Waals surface area contributed by atoms with Crippen molar-refractivity contribution in [3.63, 3.8) is 0 Å². The third-order valence-electron chi connectivity index (χ3n) is 6.05. The van der Waals surface area contributed by atoms with Crippen molar-refractivity contribution in [3.05, 3.63) is 83.0 Å². The number of ether oxygens (including phenoxy) is 4. The topological polar surface area (TPSA) is 71.1 Å². The van der Waals surface area contributed by atoms with Crippen LogP contribution >= 0.6 is 0 Å². The van der Waals surface area contributed by atoms with Gasteiger partial charge >= 0.3 is 11.9 Å². The maximum absolute atomic E-state index is 11.7. The second-order valence-electron chi connectivity index (χ2n) is 10.2. The number of carbonyl (C=O) groups is 2. The van der Waals surface area contributed by atoms with E-state index in [9.17, 15) is 9.59 Å². The van der Waals surface area contributed by atoms with Crippen LogP contribution < -0.4 is 9.47 Å². The minimum Gasteiger partial charge on any atom is -0.489 e. The number of hydrogen-bond acceptors (Lipinski definition) is 6. The largest absolute Gasteiger partial charge is 0.489 e. The summed E-state index contributed by atoms with van der Waals surface area (Å²) in [7, 11) is 0. The van der Waals surface area contributed by atoms with Crippen LogP contribution in [0.2, 0.25) is 0 Å². The van der Waals surface area contributed by atoms with Gasteiger partial charge in [0.15, 0.2) is 0 Å². The maximum atomic E-state index is 11.7. The van der Waals surface area contributed by atoms with Gasteiger partial charge < -0.3 is 18.9 Å². The Morgan fingerprint density at radius 3 is 1.41 bits per heavy atom. The van der Waals surface area contributed by atoms with Crippen LogP contribution in [-0.2, 0) is 24.5 Å². The molecule has 0 fully saturated rings. The molecule has 2 rings (SSSR count). The van der Waals surface area contributed by atoms with Crippen LogP contribution in [-0.4, -0.2) is 37.4 Å². The molecule has 0 heterocycles. The Bertz CT molecular complexity index is 1070. The summed E-state index contributed by atoms with van der Waals surface area (Å²) in [6, 6.07) is 12.3.